The summed E-state index contributed by atoms with van der Waals surface area (Å²) in [5.74, 6) is 1.64. The molecule has 0 saturated heterocycles. The van der Waals surface area contributed by atoms with E-state index < -0.39 is 18.3 Å². The van der Waals surface area contributed by atoms with Gasteiger partial charge in [0, 0.05) is 16.7 Å². The molecule has 3 nitrogen and oxygen atoms in total. The van der Waals surface area contributed by atoms with E-state index in [1.807, 2.05) is 11.3 Å². The van der Waals surface area contributed by atoms with Gasteiger partial charge in [-0.1, -0.05) is 63.6 Å². The Bertz CT molecular complexity index is 1120. The predicted octanol–water partition coefficient (Wildman–Crippen LogP) is 7.82. The van der Waals surface area contributed by atoms with Gasteiger partial charge in [-0.15, -0.1) is 11.3 Å². The number of aliphatic hydroxyl groups is 3. The Balaban J connectivity index is 1.26. The first-order valence-electron chi connectivity index (χ1n) is 15.6. The van der Waals surface area contributed by atoms with Gasteiger partial charge in [-0.3, -0.25) is 0 Å². The molecule has 3 N–H and O–H groups in total. The topological polar surface area (TPSA) is 60.7 Å². The summed E-state index contributed by atoms with van der Waals surface area (Å²) in [6.07, 6.45) is 20.2. The molecule has 214 valence electrons. The van der Waals surface area contributed by atoms with Crippen LogP contribution in [-0.2, 0) is 11.8 Å². The fourth-order valence-electron chi connectivity index (χ4n) is 8.18. The molecule has 7 atom stereocenters. The van der Waals surface area contributed by atoms with Gasteiger partial charge in [-0.05, 0) is 116 Å². The SMILES string of the molecule is C=C1C(=CC=C2CCC[C@]3(C)[C@@H]([C@H](C)C=C[C@H](O)C4(c5cc(CCCC)cs5)CC4)CC[C@@H]23)CC(O)C[C@@H]1O. The maximum Gasteiger partial charge on any atom is 0.0825 e. The Morgan fingerprint density at radius 1 is 1.15 bits per heavy atom. The van der Waals surface area contributed by atoms with Gasteiger partial charge >= 0.3 is 0 Å². The van der Waals surface area contributed by atoms with Crippen molar-refractivity contribution in [1.82, 2.24) is 0 Å². The zero-order chi connectivity index (χ0) is 27.8. The molecule has 0 amide bonds. The molecular formula is C35H50O3S. The summed E-state index contributed by atoms with van der Waals surface area (Å²) in [6, 6.07) is 2.37. The number of aryl methyl sites for hydroxylation is 1. The summed E-state index contributed by atoms with van der Waals surface area (Å²) in [5, 5.41) is 34.0. The highest BCUT2D eigenvalue weighted by Gasteiger charge is 2.52. The highest BCUT2D eigenvalue weighted by molar-refractivity contribution is 7.10. The maximum absolute atomic E-state index is 11.3. The van der Waals surface area contributed by atoms with E-state index in [4.69, 9.17) is 0 Å². The molecule has 4 aliphatic carbocycles. The summed E-state index contributed by atoms with van der Waals surface area (Å²) >= 11 is 1.85. The van der Waals surface area contributed by atoms with Crippen LogP contribution in [0.25, 0.3) is 0 Å². The first kappa shape index (κ1) is 29.0. The number of hydrogen-bond donors (Lipinski definition) is 3. The predicted molar refractivity (Wildman–Crippen MR) is 163 cm³/mol. The molecule has 0 bridgehead atoms. The summed E-state index contributed by atoms with van der Waals surface area (Å²) < 4.78 is 0. The second-order valence-corrected chi connectivity index (χ2v) is 14.3. The molecule has 1 unspecified atom stereocenters. The van der Waals surface area contributed by atoms with Gasteiger partial charge < -0.3 is 15.3 Å². The van der Waals surface area contributed by atoms with Gasteiger partial charge in [0.1, 0.15) is 0 Å². The van der Waals surface area contributed by atoms with E-state index in [0.29, 0.717) is 30.6 Å². The Morgan fingerprint density at radius 2 is 1.95 bits per heavy atom. The monoisotopic (exact) mass is 550 g/mol. The number of hydrogen-bond acceptors (Lipinski definition) is 4. The lowest BCUT2D eigenvalue weighted by molar-refractivity contribution is 0.0862. The van der Waals surface area contributed by atoms with Crippen LogP contribution in [0.3, 0.4) is 0 Å². The lowest BCUT2D eigenvalue weighted by Crippen LogP contribution is -2.35. The normalized spacial score (nSPS) is 36.0. The maximum atomic E-state index is 11.3. The molecule has 0 aliphatic heterocycles. The molecule has 0 aromatic carbocycles. The van der Waals surface area contributed by atoms with E-state index in [9.17, 15) is 15.3 Å². The minimum atomic E-state index is -0.633. The molecule has 1 aromatic heterocycles. The number of fused-ring (bicyclic) bond motifs is 1. The third-order valence-electron chi connectivity index (χ3n) is 10.9. The van der Waals surface area contributed by atoms with Crippen LogP contribution in [0.15, 0.2) is 59.0 Å². The van der Waals surface area contributed by atoms with Gasteiger partial charge in [0.2, 0.25) is 0 Å². The molecule has 4 fully saturated rings. The van der Waals surface area contributed by atoms with Crippen LogP contribution in [0.2, 0.25) is 0 Å². The lowest BCUT2D eigenvalue weighted by atomic mass is 9.61. The fourth-order valence-corrected chi connectivity index (χ4v) is 9.42. The first-order chi connectivity index (χ1) is 18.7. The molecule has 5 rings (SSSR count). The standard InChI is InChI=1S/C35H50O3S/c1-5-6-8-25-19-33(39-22-25)35(17-18-35)32(38)15-10-23(2)29-13-14-30-26(9-7-16-34(29,30)4)11-12-27-20-28(36)21-31(37)24(27)3/h10-12,15,19,22-23,28-32,36-38H,3,5-9,13-14,16-18,20-21H2,1-2,4H3/t23-,28?,29-,30+,31+,32+,34-/m1/s1. The van der Waals surface area contributed by atoms with Crippen molar-refractivity contribution in [1.29, 1.82) is 0 Å². The average Bonchev–Trinajstić information content (AvgIpc) is 3.44. The van der Waals surface area contributed by atoms with Crippen molar-refractivity contribution < 1.29 is 15.3 Å². The Hall–Kier alpha value is -1.46. The van der Waals surface area contributed by atoms with Gasteiger partial charge in [-0.25, -0.2) is 0 Å². The number of rotatable bonds is 9. The van der Waals surface area contributed by atoms with Gasteiger partial charge in [0.05, 0.1) is 18.3 Å². The van der Waals surface area contributed by atoms with Crippen LogP contribution < -0.4 is 0 Å². The van der Waals surface area contributed by atoms with Gasteiger partial charge in [0.25, 0.3) is 0 Å². The third kappa shape index (κ3) is 5.82. The molecule has 0 radical (unpaired) electrons. The zero-order valence-electron chi connectivity index (χ0n) is 24.4. The Kier molecular flexibility index (Phi) is 8.79. The van der Waals surface area contributed by atoms with E-state index in [-0.39, 0.29) is 10.8 Å². The fraction of sp³-hybridized carbons (Fsp3) is 0.657. The van der Waals surface area contributed by atoms with Gasteiger partial charge in [-0.2, -0.15) is 0 Å². The van der Waals surface area contributed by atoms with Crippen molar-refractivity contribution in [3.63, 3.8) is 0 Å². The quantitative estimate of drug-likeness (QED) is 0.275. The second kappa shape index (κ2) is 11.8. The van der Waals surface area contributed by atoms with E-state index in [2.05, 4.69) is 63.1 Å². The van der Waals surface area contributed by atoms with E-state index in [1.165, 1.54) is 54.5 Å². The third-order valence-corrected chi connectivity index (χ3v) is 12.1. The van der Waals surface area contributed by atoms with Crippen LogP contribution in [0, 0.1) is 23.2 Å². The summed E-state index contributed by atoms with van der Waals surface area (Å²) in [7, 11) is 0. The van der Waals surface area contributed by atoms with Crippen LogP contribution in [-0.4, -0.2) is 33.6 Å². The molecule has 4 aliphatic rings. The van der Waals surface area contributed by atoms with Crippen molar-refractivity contribution in [2.24, 2.45) is 23.2 Å². The second-order valence-electron chi connectivity index (χ2n) is 13.4. The lowest BCUT2D eigenvalue weighted by Gasteiger charge is -2.44. The molecule has 4 saturated carbocycles. The molecule has 39 heavy (non-hydrogen) atoms. The molecular weight excluding hydrogens is 500 g/mol. The Morgan fingerprint density at radius 3 is 2.69 bits per heavy atom. The minimum Gasteiger partial charge on any atom is -0.393 e. The van der Waals surface area contributed by atoms with Crippen LogP contribution in [0.1, 0.15) is 102 Å². The largest absolute Gasteiger partial charge is 0.393 e. The number of allylic oxidation sites excluding steroid dienone is 4. The average molecular weight is 551 g/mol. The van der Waals surface area contributed by atoms with Crippen molar-refractivity contribution >= 4 is 11.3 Å². The summed E-state index contributed by atoms with van der Waals surface area (Å²) in [5.41, 5.74) is 4.97. The van der Waals surface area contributed by atoms with Crippen molar-refractivity contribution in [2.45, 2.75) is 122 Å². The summed E-state index contributed by atoms with van der Waals surface area (Å²) in [4.78, 5) is 1.38. The van der Waals surface area contributed by atoms with Crippen molar-refractivity contribution in [3.05, 3.63) is 69.5 Å². The first-order valence-corrected chi connectivity index (χ1v) is 16.4. The minimum absolute atomic E-state index is 0.0496. The zero-order valence-corrected chi connectivity index (χ0v) is 25.2. The van der Waals surface area contributed by atoms with Crippen LogP contribution in [0.4, 0.5) is 0 Å². The molecule has 1 aromatic rings. The van der Waals surface area contributed by atoms with Crippen molar-refractivity contribution in [2.75, 3.05) is 0 Å². The van der Waals surface area contributed by atoms with Gasteiger partial charge in [0.15, 0.2) is 0 Å². The van der Waals surface area contributed by atoms with Crippen molar-refractivity contribution in [3.8, 4) is 0 Å². The van der Waals surface area contributed by atoms with E-state index in [1.54, 1.807) is 0 Å². The summed E-state index contributed by atoms with van der Waals surface area (Å²) in [6.45, 7) is 11.2. The highest BCUT2D eigenvalue weighted by Crippen LogP contribution is 2.60. The number of unbranched alkanes of at least 4 members (excludes halogenated alkanes) is 1. The smallest absolute Gasteiger partial charge is 0.0825 e. The molecule has 1 heterocycles. The van der Waals surface area contributed by atoms with Crippen LogP contribution in [0.5, 0.6) is 0 Å². The number of aliphatic hydroxyl groups excluding tert-OH is 3. The van der Waals surface area contributed by atoms with E-state index >= 15 is 0 Å². The van der Waals surface area contributed by atoms with Crippen LogP contribution >= 0.6 is 11.3 Å². The number of thiophene rings is 1. The highest BCUT2D eigenvalue weighted by atomic mass is 32.1. The molecule has 0 spiro atoms. The van der Waals surface area contributed by atoms with E-state index in [0.717, 1.165) is 36.8 Å². The molecule has 4 heteroatoms. The Labute approximate surface area is 240 Å².